The smallest absolute Gasteiger partial charge is 0.307 e. The lowest BCUT2D eigenvalue weighted by Gasteiger charge is -2.34. The van der Waals surface area contributed by atoms with E-state index in [0.717, 1.165) is 40.6 Å². The summed E-state index contributed by atoms with van der Waals surface area (Å²) in [6, 6.07) is 17.9. The number of fused-ring (bicyclic) bond motifs is 3. The van der Waals surface area contributed by atoms with Crippen LogP contribution in [-0.2, 0) is 29.0 Å². The van der Waals surface area contributed by atoms with Gasteiger partial charge in [-0.2, -0.15) is 0 Å². The molecule has 2 aromatic carbocycles. The fraction of sp³-hybridized carbons (Fsp3) is 0.333. The van der Waals surface area contributed by atoms with Gasteiger partial charge in [-0.3, -0.25) is 9.59 Å². The molecular weight excluding hydrogens is 364 g/mol. The normalized spacial score (nSPS) is 17.0. The van der Waals surface area contributed by atoms with E-state index in [1.54, 1.807) is 0 Å². The van der Waals surface area contributed by atoms with Gasteiger partial charge in [-0.25, -0.2) is 0 Å². The molecule has 2 unspecified atom stereocenters. The first kappa shape index (κ1) is 19.2. The van der Waals surface area contributed by atoms with Gasteiger partial charge in [0.05, 0.1) is 12.3 Å². The Labute approximate surface area is 170 Å². The van der Waals surface area contributed by atoms with E-state index >= 15 is 0 Å². The Morgan fingerprint density at radius 2 is 1.83 bits per heavy atom. The van der Waals surface area contributed by atoms with Crippen molar-refractivity contribution in [2.75, 3.05) is 7.05 Å². The summed E-state index contributed by atoms with van der Waals surface area (Å²) in [6.07, 6.45) is 1.65. The maximum absolute atomic E-state index is 13.1. The van der Waals surface area contributed by atoms with Crippen molar-refractivity contribution in [2.24, 2.45) is 0 Å². The summed E-state index contributed by atoms with van der Waals surface area (Å²) in [5, 5.41) is 10.4. The van der Waals surface area contributed by atoms with Gasteiger partial charge in [0, 0.05) is 36.2 Å². The van der Waals surface area contributed by atoms with Crippen molar-refractivity contribution in [3.05, 3.63) is 71.4 Å². The van der Waals surface area contributed by atoms with E-state index in [2.05, 4.69) is 4.57 Å². The minimum absolute atomic E-state index is 0.0350. The molecule has 2 atom stereocenters. The predicted molar refractivity (Wildman–Crippen MR) is 113 cm³/mol. The van der Waals surface area contributed by atoms with Crippen LogP contribution in [0.25, 0.3) is 10.9 Å². The molecule has 1 aromatic heterocycles. The Kier molecular flexibility index (Phi) is 5.14. The molecule has 0 saturated carbocycles. The van der Waals surface area contributed by atoms with Gasteiger partial charge in [0.25, 0.3) is 0 Å². The van der Waals surface area contributed by atoms with Gasteiger partial charge in [-0.15, -0.1) is 0 Å². The average molecular weight is 390 g/mol. The van der Waals surface area contributed by atoms with E-state index in [4.69, 9.17) is 0 Å². The molecule has 2 heterocycles. The number of carbonyl (C=O) groups is 2. The number of aliphatic carboxylic acids is 1. The molecule has 0 saturated heterocycles. The Hall–Kier alpha value is -3.08. The van der Waals surface area contributed by atoms with E-state index in [9.17, 15) is 14.7 Å². The third kappa shape index (κ3) is 3.53. The Morgan fingerprint density at radius 3 is 2.55 bits per heavy atom. The monoisotopic (exact) mass is 390 g/mol. The Balaban J connectivity index is 1.61. The van der Waals surface area contributed by atoms with Crippen LogP contribution < -0.4 is 0 Å². The topological polar surface area (TPSA) is 62.5 Å². The molecule has 1 N–H and O–H groups in total. The summed E-state index contributed by atoms with van der Waals surface area (Å²) in [6.45, 7) is 2.65. The maximum atomic E-state index is 13.1. The van der Waals surface area contributed by atoms with Crippen molar-refractivity contribution >= 4 is 22.8 Å². The number of carbonyl (C=O) groups excluding carboxylic acids is 1. The van der Waals surface area contributed by atoms with Crippen molar-refractivity contribution in [1.29, 1.82) is 0 Å². The van der Waals surface area contributed by atoms with Crippen molar-refractivity contribution in [1.82, 2.24) is 9.47 Å². The second-order valence-corrected chi connectivity index (χ2v) is 7.90. The first-order valence-corrected chi connectivity index (χ1v) is 10.1. The number of benzene rings is 2. The molecule has 5 nitrogen and oxygen atoms in total. The third-order valence-corrected chi connectivity index (χ3v) is 6.20. The summed E-state index contributed by atoms with van der Waals surface area (Å²) in [4.78, 5) is 26.4. The first-order valence-electron chi connectivity index (χ1n) is 10.1. The van der Waals surface area contributed by atoms with Crippen LogP contribution in [0.1, 0.15) is 36.1 Å². The van der Waals surface area contributed by atoms with E-state index in [1.165, 1.54) is 0 Å². The number of nitrogens with zero attached hydrogens (tertiary/aromatic N) is 2. The molecular formula is C24H26N2O3. The second kappa shape index (κ2) is 7.74. The number of carboxylic acids is 1. The molecule has 29 heavy (non-hydrogen) atoms. The van der Waals surface area contributed by atoms with Crippen molar-refractivity contribution in [3.8, 4) is 0 Å². The number of hydrogen-bond acceptors (Lipinski definition) is 2. The molecule has 1 amide bonds. The number of carboxylic acid groups (broad SMARTS) is 1. The van der Waals surface area contributed by atoms with E-state index < -0.39 is 5.97 Å². The van der Waals surface area contributed by atoms with Gasteiger partial charge in [0.15, 0.2) is 0 Å². The Bertz CT molecular complexity index is 1050. The van der Waals surface area contributed by atoms with Crippen molar-refractivity contribution < 1.29 is 14.7 Å². The van der Waals surface area contributed by atoms with Crippen LogP contribution in [-0.4, -0.2) is 39.5 Å². The van der Waals surface area contributed by atoms with Crippen LogP contribution >= 0.6 is 0 Å². The summed E-state index contributed by atoms with van der Waals surface area (Å²) in [7, 11) is 1.89. The molecule has 0 aliphatic carbocycles. The van der Waals surface area contributed by atoms with Crippen LogP contribution in [0.5, 0.6) is 0 Å². The van der Waals surface area contributed by atoms with Crippen LogP contribution in [0.4, 0.5) is 0 Å². The van der Waals surface area contributed by atoms with E-state index in [1.807, 2.05) is 73.5 Å². The highest BCUT2D eigenvalue weighted by Crippen LogP contribution is 2.33. The molecule has 0 radical (unpaired) electrons. The number of amides is 1. The molecule has 0 spiro atoms. The quantitative estimate of drug-likeness (QED) is 0.720. The van der Waals surface area contributed by atoms with Gasteiger partial charge >= 0.3 is 5.97 Å². The van der Waals surface area contributed by atoms with Crippen molar-refractivity contribution in [3.63, 3.8) is 0 Å². The highest BCUT2D eigenvalue weighted by molar-refractivity contribution is 5.89. The molecule has 150 valence electrons. The number of likely N-dealkylation sites (N-methyl/N-ethyl adjacent to an activating group) is 1. The van der Waals surface area contributed by atoms with Gasteiger partial charge in [0.2, 0.25) is 5.91 Å². The van der Waals surface area contributed by atoms with Gasteiger partial charge in [-0.05, 0) is 37.0 Å². The fourth-order valence-corrected chi connectivity index (χ4v) is 4.56. The van der Waals surface area contributed by atoms with Gasteiger partial charge in [0.1, 0.15) is 0 Å². The van der Waals surface area contributed by atoms with Gasteiger partial charge in [-0.1, -0.05) is 48.5 Å². The predicted octanol–water partition coefficient (Wildman–Crippen LogP) is 3.85. The zero-order valence-corrected chi connectivity index (χ0v) is 16.8. The molecule has 1 aliphatic rings. The minimum atomic E-state index is -0.810. The first-order chi connectivity index (χ1) is 14.0. The van der Waals surface area contributed by atoms with Gasteiger partial charge < -0.3 is 14.6 Å². The largest absolute Gasteiger partial charge is 0.481 e. The zero-order valence-electron chi connectivity index (χ0n) is 16.8. The number of rotatable bonds is 5. The second-order valence-electron chi connectivity index (χ2n) is 7.90. The fourth-order valence-electron chi connectivity index (χ4n) is 4.56. The maximum Gasteiger partial charge on any atom is 0.307 e. The lowest BCUT2D eigenvalue weighted by atomic mass is 9.96. The summed E-state index contributed by atoms with van der Waals surface area (Å²) in [5.74, 6) is -0.881. The summed E-state index contributed by atoms with van der Waals surface area (Å²) in [5.41, 5.74) is 4.09. The lowest BCUT2D eigenvalue weighted by Crippen LogP contribution is -2.44. The number of para-hydroxylation sites is 1. The molecule has 3 aromatic rings. The van der Waals surface area contributed by atoms with Crippen LogP contribution in [0, 0.1) is 0 Å². The molecule has 1 aliphatic heterocycles. The van der Waals surface area contributed by atoms with Crippen LogP contribution in [0.15, 0.2) is 54.6 Å². The minimum Gasteiger partial charge on any atom is -0.481 e. The third-order valence-electron chi connectivity index (χ3n) is 6.20. The van der Waals surface area contributed by atoms with Crippen LogP contribution in [0.2, 0.25) is 0 Å². The lowest BCUT2D eigenvalue weighted by molar-refractivity contribution is -0.136. The number of aromatic nitrogens is 1. The highest BCUT2D eigenvalue weighted by Gasteiger charge is 2.31. The molecule has 5 heteroatoms. The highest BCUT2D eigenvalue weighted by atomic mass is 16.4. The van der Waals surface area contributed by atoms with E-state index in [0.29, 0.717) is 6.54 Å². The Morgan fingerprint density at radius 1 is 1.14 bits per heavy atom. The zero-order chi connectivity index (χ0) is 20.5. The summed E-state index contributed by atoms with van der Waals surface area (Å²) < 4.78 is 2.22. The average Bonchev–Trinajstić information content (AvgIpc) is 3.05. The SMILES string of the molecule is CC(C(=O)N(C)C1CCc2c(CC(=O)O)c3ccccc3n2C1)c1ccccc1. The number of hydrogen-bond donors (Lipinski definition) is 1. The van der Waals surface area contributed by atoms with Crippen LogP contribution in [0.3, 0.4) is 0 Å². The summed E-state index contributed by atoms with van der Waals surface area (Å²) >= 11 is 0. The van der Waals surface area contributed by atoms with Crippen molar-refractivity contribution in [2.45, 2.75) is 44.7 Å². The molecule has 0 fully saturated rings. The molecule has 0 bridgehead atoms. The standard InChI is InChI=1S/C24H26N2O3/c1-16(17-8-4-3-5-9-17)24(29)25(2)18-12-13-22-20(14-23(27)28)19-10-6-7-11-21(19)26(22)15-18/h3-11,16,18H,12-15H2,1-2H3,(H,27,28). The van der Waals surface area contributed by atoms with E-state index in [-0.39, 0.29) is 24.3 Å². The molecule has 4 rings (SSSR count).